The monoisotopic (exact) mass is 566 g/mol. The number of rotatable bonds is 8. The van der Waals surface area contributed by atoms with E-state index in [4.69, 9.17) is 4.74 Å². The average molecular weight is 567 g/mol. The van der Waals surface area contributed by atoms with Crippen LogP contribution in [0.5, 0.6) is 0 Å². The van der Waals surface area contributed by atoms with Crippen LogP contribution in [0.1, 0.15) is 36.5 Å². The van der Waals surface area contributed by atoms with Gasteiger partial charge in [0.1, 0.15) is 0 Å². The number of carbonyl (C=O) groups excluding carboxylic acids is 1. The van der Waals surface area contributed by atoms with Crippen LogP contribution in [0.3, 0.4) is 0 Å². The summed E-state index contributed by atoms with van der Waals surface area (Å²) in [5.74, 6) is -1.01. The third-order valence-electron chi connectivity index (χ3n) is 5.81. The quantitative estimate of drug-likeness (QED) is 0.371. The minimum atomic E-state index is -4.57. The Morgan fingerprint density at radius 2 is 1.94 bits per heavy atom. The summed E-state index contributed by atoms with van der Waals surface area (Å²) in [6.07, 6.45) is -1.48. The number of alkyl halides is 3. The molecule has 0 spiro atoms. The minimum Gasteiger partial charge on any atom is -0.481 e. The number of hydrogen-bond donors (Lipinski definition) is 2. The fraction of sp³-hybridized carbons (Fsp3) is 0.308. The van der Waals surface area contributed by atoms with Gasteiger partial charge in [-0.2, -0.15) is 13.2 Å². The van der Waals surface area contributed by atoms with Gasteiger partial charge in [-0.1, -0.05) is 30.4 Å². The number of allylic oxidation sites excluding steroid dienone is 1. The van der Waals surface area contributed by atoms with Crippen molar-refractivity contribution < 1.29 is 32.6 Å². The molecule has 1 aliphatic rings. The molecule has 2 aromatic carbocycles. The van der Waals surface area contributed by atoms with Crippen LogP contribution in [-0.2, 0) is 22.3 Å². The highest BCUT2D eigenvalue weighted by atomic mass is 79.9. The molecular weight excluding hydrogens is 541 g/mol. The van der Waals surface area contributed by atoms with Gasteiger partial charge in [0, 0.05) is 24.7 Å². The predicted molar refractivity (Wildman–Crippen MR) is 134 cm³/mol. The van der Waals surface area contributed by atoms with E-state index in [1.165, 1.54) is 18.1 Å². The molecule has 0 heterocycles. The highest BCUT2D eigenvalue weighted by Crippen LogP contribution is 2.36. The Hall–Kier alpha value is -3.11. The first kappa shape index (κ1) is 27.5. The van der Waals surface area contributed by atoms with E-state index in [-0.39, 0.29) is 25.1 Å². The van der Waals surface area contributed by atoms with Crippen molar-refractivity contribution in [3.63, 3.8) is 0 Å². The van der Waals surface area contributed by atoms with Gasteiger partial charge in [-0.25, -0.2) is 4.79 Å². The van der Waals surface area contributed by atoms with Crippen molar-refractivity contribution in [3.05, 3.63) is 81.4 Å². The molecule has 2 N–H and O–H groups in total. The van der Waals surface area contributed by atoms with Crippen molar-refractivity contribution in [2.24, 2.45) is 0 Å². The van der Waals surface area contributed by atoms with Gasteiger partial charge in [0.2, 0.25) is 0 Å². The smallest absolute Gasteiger partial charge is 0.416 e. The third-order valence-corrected chi connectivity index (χ3v) is 6.50. The van der Waals surface area contributed by atoms with Crippen molar-refractivity contribution >= 4 is 39.2 Å². The zero-order valence-electron chi connectivity index (χ0n) is 19.7. The summed E-state index contributed by atoms with van der Waals surface area (Å²) in [4.78, 5) is 25.7. The number of carboxylic acids is 1. The lowest BCUT2D eigenvalue weighted by atomic mass is 9.87. The van der Waals surface area contributed by atoms with Crippen LogP contribution in [0, 0.1) is 0 Å². The Bertz CT molecular complexity index is 1190. The fourth-order valence-electron chi connectivity index (χ4n) is 3.98. The van der Waals surface area contributed by atoms with Crippen LogP contribution >= 0.6 is 15.9 Å². The van der Waals surface area contributed by atoms with Crippen LogP contribution in [0.15, 0.2) is 64.7 Å². The van der Waals surface area contributed by atoms with Gasteiger partial charge in [-0.05, 0) is 75.8 Å². The largest absolute Gasteiger partial charge is 0.481 e. The second-order valence-corrected chi connectivity index (χ2v) is 9.06. The summed E-state index contributed by atoms with van der Waals surface area (Å²) in [5.41, 5.74) is 1.55. The summed E-state index contributed by atoms with van der Waals surface area (Å²) in [7, 11) is 1.49. The maximum Gasteiger partial charge on any atom is 0.416 e. The number of carbonyl (C=O) groups is 2. The molecule has 1 atom stereocenters. The number of nitrogens with zero attached hydrogens (tertiary/aromatic N) is 1. The molecule has 0 saturated heterocycles. The number of benzene rings is 2. The summed E-state index contributed by atoms with van der Waals surface area (Å²) >= 11 is 3.37. The first-order chi connectivity index (χ1) is 17.0. The molecule has 36 heavy (non-hydrogen) atoms. The number of methoxy groups -OCH3 is 1. The number of amides is 2. The maximum absolute atomic E-state index is 13.6. The lowest BCUT2D eigenvalue weighted by molar-refractivity contribution is -0.138. The van der Waals surface area contributed by atoms with Crippen LogP contribution < -0.4 is 5.32 Å². The molecule has 10 heteroatoms. The Labute approximate surface area is 215 Å². The molecule has 0 radical (unpaired) electrons. The van der Waals surface area contributed by atoms with Crippen LogP contribution in [0.2, 0.25) is 0 Å². The second kappa shape index (κ2) is 11.7. The number of urea groups is 1. The van der Waals surface area contributed by atoms with Crippen LogP contribution in [0.4, 0.5) is 23.7 Å². The number of para-hydroxylation sites is 1. The minimum absolute atomic E-state index is 0.0994. The summed E-state index contributed by atoms with van der Waals surface area (Å²) < 4.78 is 47.0. The van der Waals surface area contributed by atoms with Gasteiger partial charge in [-0.15, -0.1) is 0 Å². The van der Waals surface area contributed by atoms with E-state index in [1.807, 2.05) is 0 Å². The highest BCUT2D eigenvalue weighted by Gasteiger charge is 2.32. The number of carboxylic acid groups (broad SMARTS) is 1. The summed E-state index contributed by atoms with van der Waals surface area (Å²) in [5, 5.41) is 12.0. The van der Waals surface area contributed by atoms with E-state index < -0.39 is 29.8 Å². The van der Waals surface area contributed by atoms with Gasteiger partial charge in [0.25, 0.3) is 0 Å². The Balaban J connectivity index is 2.02. The number of anilines is 1. The van der Waals surface area contributed by atoms with Gasteiger partial charge in [0.15, 0.2) is 0 Å². The first-order valence-corrected chi connectivity index (χ1v) is 12.0. The van der Waals surface area contributed by atoms with E-state index in [0.717, 1.165) is 12.1 Å². The Morgan fingerprint density at radius 1 is 1.22 bits per heavy atom. The zero-order chi connectivity index (χ0) is 26.5. The van der Waals surface area contributed by atoms with Crippen molar-refractivity contribution in [1.29, 1.82) is 0 Å². The Kier molecular flexibility index (Phi) is 8.97. The van der Waals surface area contributed by atoms with Gasteiger partial charge < -0.3 is 20.1 Å². The summed E-state index contributed by atoms with van der Waals surface area (Å²) in [6, 6.07) is 9.93. The van der Waals surface area contributed by atoms with Crippen molar-refractivity contribution in [2.75, 3.05) is 19.0 Å². The zero-order valence-corrected chi connectivity index (χ0v) is 21.3. The maximum atomic E-state index is 13.6. The molecule has 0 saturated carbocycles. The molecule has 0 bridgehead atoms. The molecule has 2 amide bonds. The van der Waals surface area contributed by atoms with E-state index in [2.05, 4.69) is 21.2 Å². The van der Waals surface area contributed by atoms with Gasteiger partial charge in [-0.3, -0.25) is 4.79 Å². The Morgan fingerprint density at radius 3 is 2.56 bits per heavy atom. The molecule has 0 aliphatic heterocycles. The topological polar surface area (TPSA) is 78.9 Å². The molecule has 0 fully saturated rings. The molecule has 2 aromatic rings. The third kappa shape index (κ3) is 6.76. The molecule has 1 aliphatic carbocycles. The summed E-state index contributed by atoms with van der Waals surface area (Å²) in [6.45, 7) is 1.87. The number of halogens is 4. The van der Waals surface area contributed by atoms with E-state index in [1.54, 1.807) is 43.3 Å². The molecule has 1 unspecified atom stereocenters. The van der Waals surface area contributed by atoms with Crippen LogP contribution in [-0.4, -0.2) is 41.8 Å². The van der Waals surface area contributed by atoms with Crippen LogP contribution in [0.25, 0.3) is 5.57 Å². The fourth-order valence-corrected chi connectivity index (χ4v) is 4.37. The van der Waals surface area contributed by atoms with E-state index >= 15 is 0 Å². The second-order valence-electron chi connectivity index (χ2n) is 8.20. The molecule has 3 rings (SSSR count). The number of ether oxygens (including phenoxy) is 1. The number of nitrogens with one attached hydrogen (secondary N) is 1. The normalized spacial score (nSPS) is 15.7. The van der Waals surface area contributed by atoms with Gasteiger partial charge in [0.05, 0.1) is 23.8 Å². The average Bonchev–Trinajstić information content (AvgIpc) is 2.82. The molecule has 6 nitrogen and oxygen atoms in total. The van der Waals surface area contributed by atoms with Crippen molar-refractivity contribution in [1.82, 2.24) is 4.90 Å². The molecule has 0 aromatic heterocycles. The number of aliphatic carboxylic acids is 1. The van der Waals surface area contributed by atoms with E-state index in [0.29, 0.717) is 33.3 Å². The molecular formula is C26H26BrF3N2O4. The van der Waals surface area contributed by atoms with E-state index in [9.17, 15) is 27.9 Å². The van der Waals surface area contributed by atoms with Crippen molar-refractivity contribution in [3.8, 4) is 0 Å². The lowest BCUT2D eigenvalue weighted by Gasteiger charge is -2.28. The SMILES string of the molecule is CCN(Cc1cc(C(F)(F)F)ccc1C1=CC(CC(=O)O)=CCC1OC)C(=O)Nc1ccccc1Br. The van der Waals surface area contributed by atoms with Crippen molar-refractivity contribution in [2.45, 2.75) is 38.6 Å². The van der Waals surface area contributed by atoms with Gasteiger partial charge >= 0.3 is 18.2 Å². The molecule has 192 valence electrons. The predicted octanol–water partition coefficient (Wildman–Crippen LogP) is 6.73. The first-order valence-electron chi connectivity index (χ1n) is 11.2. The standard InChI is InChI=1S/C26H26BrF3N2O4/c1-3-32(25(35)31-22-7-5-4-6-21(22)27)15-17-14-18(26(28,29)30)9-10-19(17)20-12-16(13-24(33)34)8-11-23(20)36-2/h4-10,12,14,23H,3,11,13,15H2,1-2H3,(H,31,35)(H,33,34). The number of hydrogen-bond acceptors (Lipinski definition) is 3. The highest BCUT2D eigenvalue weighted by molar-refractivity contribution is 9.10. The lowest BCUT2D eigenvalue weighted by Crippen LogP contribution is -2.35.